The molecule has 0 saturated carbocycles. The van der Waals surface area contributed by atoms with Gasteiger partial charge < -0.3 is 5.73 Å². The number of allylic oxidation sites excluding steroid dienone is 1. The third kappa shape index (κ3) is 3.25. The largest absolute Gasteiger partial charge is 0.390 e. The van der Waals surface area contributed by atoms with Gasteiger partial charge in [-0.15, -0.1) is 0 Å². The standard InChI is InChI=1S/C20H20ClN7/c1-12-8-13(2)28(25-12)18(23-11-22)10-16-9-17-19(27(3)26-20(17)24-16)14-4-6-15(21)7-5-14/h4-8,10-11H,9H2,1-3H3,(H2,22,23). The lowest BCUT2D eigenvalue weighted by Crippen LogP contribution is -2.06. The van der Waals surface area contributed by atoms with Crippen LogP contribution in [0.15, 0.2) is 46.4 Å². The predicted octanol–water partition coefficient (Wildman–Crippen LogP) is 3.67. The van der Waals surface area contributed by atoms with E-state index in [1.165, 1.54) is 6.34 Å². The first-order valence-corrected chi connectivity index (χ1v) is 9.23. The molecular weight excluding hydrogens is 374 g/mol. The molecule has 1 aliphatic rings. The molecule has 0 unspecified atom stereocenters. The highest BCUT2D eigenvalue weighted by molar-refractivity contribution is 6.30. The molecule has 3 heterocycles. The molecule has 2 aromatic heterocycles. The van der Waals surface area contributed by atoms with E-state index in [0.717, 1.165) is 39.7 Å². The van der Waals surface area contributed by atoms with Gasteiger partial charge in [-0.05, 0) is 32.0 Å². The molecule has 0 saturated heterocycles. The van der Waals surface area contributed by atoms with Crippen LogP contribution in [0.25, 0.3) is 17.1 Å². The smallest absolute Gasteiger partial charge is 0.178 e. The fourth-order valence-electron chi connectivity index (χ4n) is 3.45. The molecule has 0 radical (unpaired) electrons. The van der Waals surface area contributed by atoms with Gasteiger partial charge in [0.15, 0.2) is 11.6 Å². The van der Waals surface area contributed by atoms with Crippen molar-refractivity contribution in [3.05, 3.63) is 58.4 Å². The molecule has 1 aromatic carbocycles. The van der Waals surface area contributed by atoms with Gasteiger partial charge in [-0.1, -0.05) is 23.7 Å². The second-order valence-corrected chi connectivity index (χ2v) is 7.12. The first kappa shape index (κ1) is 18.2. The van der Waals surface area contributed by atoms with E-state index < -0.39 is 0 Å². The van der Waals surface area contributed by atoms with Crippen LogP contribution in [0.3, 0.4) is 0 Å². The molecule has 0 aliphatic carbocycles. The van der Waals surface area contributed by atoms with E-state index in [4.69, 9.17) is 17.3 Å². The Hall–Kier alpha value is -3.19. The number of halogens is 1. The third-order valence-electron chi connectivity index (χ3n) is 4.58. The Morgan fingerprint density at radius 2 is 1.96 bits per heavy atom. The van der Waals surface area contributed by atoms with Crippen molar-refractivity contribution in [1.82, 2.24) is 19.6 Å². The van der Waals surface area contributed by atoms with Crippen molar-refractivity contribution < 1.29 is 0 Å². The van der Waals surface area contributed by atoms with Crippen LogP contribution in [-0.2, 0) is 13.5 Å². The van der Waals surface area contributed by atoms with Crippen LogP contribution in [0.4, 0.5) is 5.82 Å². The summed E-state index contributed by atoms with van der Waals surface area (Å²) in [5.41, 5.74) is 11.5. The second kappa shape index (κ2) is 7.09. The maximum absolute atomic E-state index is 6.03. The van der Waals surface area contributed by atoms with E-state index in [9.17, 15) is 0 Å². The quantitative estimate of drug-likeness (QED) is 0.542. The van der Waals surface area contributed by atoms with Gasteiger partial charge in [-0.2, -0.15) is 10.2 Å². The van der Waals surface area contributed by atoms with Crippen LogP contribution in [0.2, 0.25) is 5.02 Å². The first-order valence-electron chi connectivity index (χ1n) is 8.85. The van der Waals surface area contributed by atoms with E-state index in [1.54, 1.807) is 4.68 Å². The molecule has 8 heteroatoms. The van der Waals surface area contributed by atoms with Gasteiger partial charge in [0.1, 0.15) is 0 Å². The number of hydrogen-bond acceptors (Lipinski definition) is 4. The molecule has 0 spiro atoms. The number of hydrogen-bond donors (Lipinski definition) is 1. The van der Waals surface area contributed by atoms with Crippen LogP contribution in [0, 0.1) is 13.8 Å². The first-order chi connectivity index (χ1) is 13.5. The molecule has 28 heavy (non-hydrogen) atoms. The molecule has 2 N–H and O–H groups in total. The SMILES string of the molecule is Cc1cc(C)n(C(=CC2=Nc3nn(C)c(-c4ccc(Cl)cc4)c3C2)N=CN)n1. The van der Waals surface area contributed by atoms with Gasteiger partial charge in [-0.25, -0.2) is 14.7 Å². The fraction of sp³-hybridized carbons (Fsp3) is 0.200. The molecule has 0 amide bonds. The Labute approximate surface area is 167 Å². The van der Waals surface area contributed by atoms with E-state index in [-0.39, 0.29) is 0 Å². The van der Waals surface area contributed by atoms with Gasteiger partial charge in [-0.3, -0.25) is 4.68 Å². The summed E-state index contributed by atoms with van der Waals surface area (Å²) in [7, 11) is 1.92. The maximum Gasteiger partial charge on any atom is 0.178 e. The van der Waals surface area contributed by atoms with Crippen LogP contribution in [0.1, 0.15) is 17.0 Å². The highest BCUT2D eigenvalue weighted by Crippen LogP contribution is 2.35. The Morgan fingerprint density at radius 1 is 1.21 bits per heavy atom. The number of rotatable bonds is 4. The summed E-state index contributed by atoms with van der Waals surface area (Å²) < 4.78 is 3.62. The third-order valence-corrected chi connectivity index (χ3v) is 4.83. The van der Waals surface area contributed by atoms with E-state index in [1.807, 2.05) is 62.0 Å². The Bertz CT molecular complexity index is 1130. The number of aliphatic imine (C=N–C) groups is 2. The number of fused-ring (bicyclic) bond motifs is 1. The average molecular weight is 394 g/mol. The zero-order chi connectivity index (χ0) is 19.8. The van der Waals surface area contributed by atoms with Gasteiger partial charge in [0.2, 0.25) is 0 Å². The molecule has 0 bridgehead atoms. The molecule has 3 aromatic rings. The van der Waals surface area contributed by atoms with E-state index in [2.05, 4.69) is 20.2 Å². The number of benzene rings is 1. The Balaban J connectivity index is 1.71. The van der Waals surface area contributed by atoms with Crippen molar-refractivity contribution in [2.75, 3.05) is 0 Å². The summed E-state index contributed by atoms with van der Waals surface area (Å²) in [6, 6.07) is 9.74. The summed E-state index contributed by atoms with van der Waals surface area (Å²) in [6.07, 6.45) is 3.82. The van der Waals surface area contributed by atoms with Crippen molar-refractivity contribution >= 4 is 35.3 Å². The van der Waals surface area contributed by atoms with Crippen molar-refractivity contribution in [3.63, 3.8) is 0 Å². The molecular formula is C20H20ClN7. The van der Waals surface area contributed by atoms with Crippen molar-refractivity contribution in [2.45, 2.75) is 20.3 Å². The zero-order valence-corrected chi connectivity index (χ0v) is 16.6. The van der Waals surface area contributed by atoms with Crippen molar-refractivity contribution in [2.24, 2.45) is 22.8 Å². The lowest BCUT2D eigenvalue weighted by atomic mass is 10.0. The van der Waals surface area contributed by atoms with Gasteiger partial charge in [0.25, 0.3) is 0 Å². The lowest BCUT2D eigenvalue weighted by Gasteiger charge is -2.07. The molecule has 4 rings (SSSR count). The molecule has 1 aliphatic heterocycles. The Kier molecular flexibility index (Phi) is 4.60. The fourth-order valence-corrected chi connectivity index (χ4v) is 3.58. The highest BCUT2D eigenvalue weighted by Gasteiger charge is 2.24. The summed E-state index contributed by atoms with van der Waals surface area (Å²) >= 11 is 6.03. The summed E-state index contributed by atoms with van der Waals surface area (Å²) in [5.74, 6) is 1.34. The van der Waals surface area contributed by atoms with Crippen molar-refractivity contribution in [3.8, 4) is 11.3 Å². The van der Waals surface area contributed by atoms with Gasteiger partial charge in [0.05, 0.1) is 23.4 Å². The molecule has 0 fully saturated rings. The topological polar surface area (TPSA) is 86.4 Å². The minimum Gasteiger partial charge on any atom is -0.390 e. The second-order valence-electron chi connectivity index (χ2n) is 6.68. The normalized spacial score (nSPS) is 14.0. The summed E-state index contributed by atoms with van der Waals surface area (Å²) in [4.78, 5) is 8.97. The average Bonchev–Trinajstić information content (AvgIpc) is 3.27. The monoisotopic (exact) mass is 393 g/mol. The Morgan fingerprint density at radius 3 is 2.61 bits per heavy atom. The minimum absolute atomic E-state index is 0.620. The molecule has 0 atom stereocenters. The minimum atomic E-state index is 0.620. The van der Waals surface area contributed by atoms with E-state index in [0.29, 0.717) is 17.3 Å². The number of nitrogens with two attached hydrogens (primary N) is 1. The lowest BCUT2D eigenvalue weighted by molar-refractivity contribution is 0.776. The molecule has 142 valence electrons. The number of aromatic nitrogens is 4. The van der Waals surface area contributed by atoms with Crippen LogP contribution in [-0.4, -0.2) is 31.6 Å². The van der Waals surface area contributed by atoms with Crippen LogP contribution in [0.5, 0.6) is 0 Å². The zero-order valence-electron chi connectivity index (χ0n) is 15.9. The van der Waals surface area contributed by atoms with Gasteiger partial charge >= 0.3 is 0 Å². The maximum atomic E-state index is 6.03. The van der Waals surface area contributed by atoms with Gasteiger partial charge in [0, 0.05) is 41.4 Å². The highest BCUT2D eigenvalue weighted by atomic mass is 35.5. The van der Waals surface area contributed by atoms with Crippen LogP contribution < -0.4 is 5.73 Å². The van der Waals surface area contributed by atoms with Crippen LogP contribution >= 0.6 is 11.6 Å². The summed E-state index contributed by atoms with van der Waals surface area (Å²) in [6.45, 7) is 3.92. The summed E-state index contributed by atoms with van der Waals surface area (Å²) in [5, 5.41) is 9.76. The van der Waals surface area contributed by atoms with E-state index >= 15 is 0 Å². The molecule has 7 nitrogen and oxygen atoms in total. The number of aryl methyl sites for hydroxylation is 3. The predicted molar refractivity (Wildman–Crippen MR) is 113 cm³/mol. The van der Waals surface area contributed by atoms with Crippen molar-refractivity contribution in [1.29, 1.82) is 0 Å². The number of nitrogens with zero attached hydrogens (tertiary/aromatic N) is 6.